The number of thioether (sulfide) groups is 1. The van der Waals surface area contributed by atoms with Crippen LogP contribution in [0.15, 0.2) is 45.8 Å². The third-order valence-electron chi connectivity index (χ3n) is 3.80. The number of hydrogen-bond acceptors (Lipinski definition) is 5. The first kappa shape index (κ1) is 21.7. The molecule has 1 N–H and O–H groups in total. The zero-order chi connectivity index (χ0) is 21.1. The second kappa shape index (κ2) is 9.21. The van der Waals surface area contributed by atoms with Gasteiger partial charge in [0, 0.05) is 10.0 Å². The highest BCUT2D eigenvalue weighted by atomic mass is 79.9. The van der Waals surface area contributed by atoms with Crippen molar-refractivity contribution in [2.75, 3.05) is 6.54 Å². The zero-order valence-corrected chi connectivity index (χ0v) is 18.4. The standard InChI is InChI=1S/C19H12BrCl2NO5S/c20-12-2-4-15(28-9-10-1-3-13(21)14(22)5-10)11(6-12)7-16-18(26)23(8-17(24)25)19(27)29-16/h1-7H,8-9H2,(H,24,25)/b16-7+. The summed E-state index contributed by atoms with van der Waals surface area (Å²) >= 11 is 16.0. The Labute approximate surface area is 188 Å². The van der Waals surface area contributed by atoms with Gasteiger partial charge < -0.3 is 9.84 Å². The fourth-order valence-electron chi connectivity index (χ4n) is 2.47. The van der Waals surface area contributed by atoms with E-state index in [9.17, 15) is 14.4 Å². The monoisotopic (exact) mass is 515 g/mol. The number of aliphatic carboxylic acids is 1. The van der Waals surface area contributed by atoms with E-state index in [4.69, 9.17) is 33.0 Å². The summed E-state index contributed by atoms with van der Waals surface area (Å²) in [5, 5.41) is 9.09. The Balaban J connectivity index is 1.84. The van der Waals surface area contributed by atoms with E-state index in [1.807, 2.05) is 0 Å². The predicted octanol–water partition coefficient (Wildman–Crippen LogP) is 5.46. The second-order valence-corrected chi connectivity index (χ2v) is 8.60. The van der Waals surface area contributed by atoms with Crippen molar-refractivity contribution in [3.05, 3.63) is 66.9 Å². The number of ether oxygens (including phenoxy) is 1. The van der Waals surface area contributed by atoms with Crippen LogP contribution in [0.4, 0.5) is 4.79 Å². The van der Waals surface area contributed by atoms with Crippen molar-refractivity contribution in [2.45, 2.75) is 6.61 Å². The number of rotatable bonds is 6. The molecule has 3 rings (SSSR count). The molecule has 0 aliphatic carbocycles. The Bertz CT molecular complexity index is 1040. The Morgan fingerprint density at radius 1 is 1.17 bits per heavy atom. The van der Waals surface area contributed by atoms with Crippen LogP contribution in [0.2, 0.25) is 10.0 Å². The highest BCUT2D eigenvalue weighted by Crippen LogP contribution is 2.35. The normalized spacial score (nSPS) is 15.3. The van der Waals surface area contributed by atoms with Crippen molar-refractivity contribution in [1.29, 1.82) is 0 Å². The van der Waals surface area contributed by atoms with Crippen molar-refractivity contribution in [1.82, 2.24) is 4.90 Å². The summed E-state index contributed by atoms with van der Waals surface area (Å²) in [6.45, 7) is -0.471. The number of carboxylic acids is 1. The molecule has 29 heavy (non-hydrogen) atoms. The van der Waals surface area contributed by atoms with E-state index < -0.39 is 23.7 Å². The molecule has 150 valence electrons. The van der Waals surface area contributed by atoms with E-state index in [1.54, 1.807) is 36.4 Å². The average Bonchev–Trinajstić information content (AvgIpc) is 2.91. The molecule has 0 bridgehead atoms. The second-order valence-electron chi connectivity index (χ2n) is 5.88. The van der Waals surface area contributed by atoms with Crippen LogP contribution in [0.3, 0.4) is 0 Å². The summed E-state index contributed by atoms with van der Waals surface area (Å²) in [6.07, 6.45) is 1.50. The topological polar surface area (TPSA) is 83.9 Å². The highest BCUT2D eigenvalue weighted by Gasteiger charge is 2.36. The lowest BCUT2D eigenvalue weighted by Crippen LogP contribution is -2.33. The predicted molar refractivity (Wildman–Crippen MR) is 115 cm³/mol. The van der Waals surface area contributed by atoms with E-state index in [-0.39, 0.29) is 11.5 Å². The van der Waals surface area contributed by atoms with Gasteiger partial charge in [0.25, 0.3) is 11.1 Å². The lowest BCUT2D eigenvalue weighted by atomic mass is 10.1. The molecule has 6 nitrogen and oxygen atoms in total. The third-order valence-corrected chi connectivity index (χ3v) is 5.94. The van der Waals surface area contributed by atoms with Crippen molar-refractivity contribution >= 4 is 74.1 Å². The minimum atomic E-state index is -1.26. The largest absolute Gasteiger partial charge is 0.488 e. The summed E-state index contributed by atoms with van der Waals surface area (Å²) in [5.74, 6) is -1.44. The first-order valence-corrected chi connectivity index (χ1v) is 10.4. The van der Waals surface area contributed by atoms with Crippen LogP contribution in [-0.2, 0) is 16.2 Å². The number of amides is 2. The highest BCUT2D eigenvalue weighted by molar-refractivity contribution is 9.10. The molecule has 0 spiro atoms. The molecule has 0 unspecified atom stereocenters. The number of carboxylic acid groups (broad SMARTS) is 1. The van der Waals surface area contributed by atoms with E-state index in [2.05, 4.69) is 15.9 Å². The number of imide groups is 1. The number of benzene rings is 2. The number of carbonyl (C=O) groups excluding carboxylic acids is 2. The molecule has 1 fully saturated rings. The van der Waals surface area contributed by atoms with Gasteiger partial charge in [-0.25, -0.2) is 0 Å². The Hall–Kier alpha value is -2.00. The van der Waals surface area contributed by atoms with Gasteiger partial charge in [-0.05, 0) is 53.7 Å². The molecule has 1 heterocycles. The first-order valence-electron chi connectivity index (χ1n) is 8.08. The Morgan fingerprint density at radius 3 is 2.62 bits per heavy atom. The third kappa shape index (κ3) is 5.33. The number of carbonyl (C=O) groups is 3. The Kier molecular flexibility index (Phi) is 6.89. The number of nitrogens with zero attached hydrogens (tertiary/aromatic N) is 1. The molecular formula is C19H12BrCl2NO5S. The summed E-state index contributed by atoms with van der Waals surface area (Å²) in [7, 11) is 0. The maximum atomic E-state index is 12.4. The number of hydrogen-bond donors (Lipinski definition) is 1. The smallest absolute Gasteiger partial charge is 0.323 e. The molecule has 1 aliphatic rings. The van der Waals surface area contributed by atoms with Gasteiger partial charge >= 0.3 is 5.97 Å². The molecule has 2 aromatic rings. The molecule has 1 saturated heterocycles. The fourth-order valence-corrected chi connectivity index (χ4v) is 4.00. The van der Waals surface area contributed by atoms with Crippen LogP contribution in [0.5, 0.6) is 5.75 Å². The molecule has 1 aliphatic heterocycles. The van der Waals surface area contributed by atoms with Crippen LogP contribution in [0, 0.1) is 0 Å². The molecule has 10 heteroatoms. The maximum absolute atomic E-state index is 12.4. The van der Waals surface area contributed by atoms with Gasteiger partial charge in [0.05, 0.1) is 15.0 Å². The molecule has 0 atom stereocenters. The van der Waals surface area contributed by atoms with Crippen LogP contribution in [-0.4, -0.2) is 33.7 Å². The van der Waals surface area contributed by atoms with E-state index in [1.165, 1.54) is 6.08 Å². The summed E-state index contributed by atoms with van der Waals surface area (Å²) in [6, 6.07) is 10.4. The van der Waals surface area contributed by atoms with Crippen molar-refractivity contribution in [2.24, 2.45) is 0 Å². The quantitative estimate of drug-likeness (QED) is 0.513. The molecule has 0 aromatic heterocycles. The van der Waals surface area contributed by atoms with Crippen molar-refractivity contribution in [3.8, 4) is 5.75 Å². The van der Waals surface area contributed by atoms with E-state index >= 15 is 0 Å². The van der Waals surface area contributed by atoms with Crippen molar-refractivity contribution < 1.29 is 24.2 Å². The lowest BCUT2D eigenvalue weighted by molar-refractivity contribution is -0.140. The van der Waals surface area contributed by atoms with Crippen LogP contribution < -0.4 is 4.74 Å². The minimum Gasteiger partial charge on any atom is -0.488 e. The zero-order valence-electron chi connectivity index (χ0n) is 14.5. The summed E-state index contributed by atoms with van der Waals surface area (Å²) in [4.78, 5) is 36.0. The van der Waals surface area contributed by atoms with Crippen LogP contribution in [0.1, 0.15) is 11.1 Å². The lowest BCUT2D eigenvalue weighted by Gasteiger charge is -2.11. The van der Waals surface area contributed by atoms with Gasteiger partial charge in [-0.1, -0.05) is 45.2 Å². The van der Waals surface area contributed by atoms with E-state index in [0.29, 0.717) is 38.0 Å². The van der Waals surface area contributed by atoms with Gasteiger partial charge in [-0.2, -0.15) is 0 Å². The van der Waals surface area contributed by atoms with Gasteiger partial charge in [-0.15, -0.1) is 0 Å². The number of halogens is 3. The van der Waals surface area contributed by atoms with Gasteiger partial charge in [-0.3, -0.25) is 19.3 Å². The molecule has 2 amide bonds. The Morgan fingerprint density at radius 2 is 1.93 bits per heavy atom. The van der Waals surface area contributed by atoms with Crippen LogP contribution >= 0.6 is 50.9 Å². The van der Waals surface area contributed by atoms with Crippen molar-refractivity contribution in [3.63, 3.8) is 0 Å². The van der Waals surface area contributed by atoms with E-state index in [0.717, 1.165) is 10.0 Å². The summed E-state index contributed by atoms with van der Waals surface area (Å²) < 4.78 is 6.60. The maximum Gasteiger partial charge on any atom is 0.323 e. The fraction of sp³-hybridized carbons (Fsp3) is 0.105. The minimum absolute atomic E-state index is 0.119. The SMILES string of the molecule is O=C(O)CN1C(=O)S/C(=C/c2cc(Br)ccc2OCc2ccc(Cl)c(Cl)c2)C1=O. The van der Waals surface area contributed by atoms with Gasteiger partial charge in [0.1, 0.15) is 18.9 Å². The van der Waals surface area contributed by atoms with Gasteiger partial charge in [0.15, 0.2) is 0 Å². The molecule has 0 radical (unpaired) electrons. The molecule has 0 saturated carbocycles. The molecule has 2 aromatic carbocycles. The first-order chi connectivity index (χ1) is 13.7. The summed E-state index contributed by atoms with van der Waals surface area (Å²) in [5.41, 5.74) is 1.36. The average molecular weight is 517 g/mol. The van der Waals surface area contributed by atoms with Gasteiger partial charge in [0.2, 0.25) is 0 Å². The molecular weight excluding hydrogens is 505 g/mol. The van der Waals surface area contributed by atoms with Crippen LogP contribution in [0.25, 0.3) is 6.08 Å².